The van der Waals surface area contributed by atoms with Crippen molar-refractivity contribution in [2.75, 3.05) is 13.2 Å². The second kappa shape index (κ2) is 7.76. The molecule has 2 N–H and O–H groups in total. The van der Waals surface area contributed by atoms with Gasteiger partial charge in [0, 0.05) is 25.5 Å². The maximum absolute atomic E-state index is 11.1. The first-order chi connectivity index (χ1) is 8.22. The third-order valence-electron chi connectivity index (χ3n) is 2.17. The van der Waals surface area contributed by atoms with Crippen molar-refractivity contribution in [3.8, 4) is 0 Å². The van der Waals surface area contributed by atoms with Crippen molar-refractivity contribution in [2.24, 2.45) is 0 Å². The average Bonchev–Trinajstić information content (AvgIpc) is 2.30. The number of pyridine rings is 1. The molecule has 0 radical (unpaired) electrons. The summed E-state index contributed by atoms with van der Waals surface area (Å²) in [4.78, 5) is 15.0. The average molecular weight is 238 g/mol. The molecular formula is C12H18N2O3. The molecule has 1 atom stereocenters. The van der Waals surface area contributed by atoms with Gasteiger partial charge in [0.25, 0.3) is 0 Å². The summed E-state index contributed by atoms with van der Waals surface area (Å²) in [6, 6.07) is 3.79. The zero-order chi connectivity index (χ0) is 12.5. The van der Waals surface area contributed by atoms with Crippen LogP contribution in [0.25, 0.3) is 0 Å². The summed E-state index contributed by atoms with van der Waals surface area (Å²) in [7, 11) is 0. The van der Waals surface area contributed by atoms with Gasteiger partial charge in [-0.25, -0.2) is 0 Å². The molecule has 17 heavy (non-hydrogen) atoms. The number of esters is 1. The van der Waals surface area contributed by atoms with Crippen LogP contribution in [0.3, 0.4) is 0 Å². The van der Waals surface area contributed by atoms with Gasteiger partial charge >= 0.3 is 5.97 Å². The SMILES string of the molecule is CCOC(=O)CC(O)CNCc1ccncc1. The molecule has 1 rings (SSSR count). The third-order valence-corrected chi connectivity index (χ3v) is 2.17. The highest BCUT2D eigenvalue weighted by Gasteiger charge is 2.10. The Balaban J connectivity index is 2.16. The lowest BCUT2D eigenvalue weighted by atomic mass is 10.2. The Hall–Kier alpha value is -1.46. The minimum atomic E-state index is -0.712. The molecular weight excluding hydrogens is 220 g/mol. The molecule has 5 heteroatoms. The highest BCUT2D eigenvalue weighted by molar-refractivity contribution is 5.69. The number of nitrogens with one attached hydrogen (secondary N) is 1. The fourth-order valence-corrected chi connectivity index (χ4v) is 1.37. The molecule has 0 bridgehead atoms. The molecule has 0 aliphatic rings. The second-order valence-corrected chi connectivity index (χ2v) is 3.65. The fourth-order valence-electron chi connectivity index (χ4n) is 1.37. The van der Waals surface area contributed by atoms with Gasteiger partial charge in [-0.3, -0.25) is 9.78 Å². The van der Waals surface area contributed by atoms with Gasteiger partial charge < -0.3 is 15.2 Å². The summed E-state index contributed by atoms with van der Waals surface area (Å²) >= 11 is 0. The smallest absolute Gasteiger partial charge is 0.308 e. The largest absolute Gasteiger partial charge is 0.466 e. The number of hydrogen-bond acceptors (Lipinski definition) is 5. The standard InChI is InChI=1S/C12H18N2O3/c1-2-17-12(16)7-11(15)9-14-8-10-3-5-13-6-4-10/h3-6,11,14-15H,2,7-9H2,1H3. The van der Waals surface area contributed by atoms with Gasteiger partial charge in [0.05, 0.1) is 19.1 Å². The van der Waals surface area contributed by atoms with Crippen LogP contribution >= 0.6 is 0 Å². The first-order valence-corrected chi connectivity index (χ1v) is 5.65. The maximum Gasteiger partial charge on any atom is 0.308 e. The van der Waals surface area contributed by atoms with E-state index in [0.717, 1.165) is 5.56 Å². The van der Waals surface area contributed by atoms with E-state index in [1.807, 2.05) is 12.1 Å². The van der Waals surface area contributed by atoms with Crippen LogP contribution in [0.5, 0.6) is 0 Å². The number of nitrogens with zero attached hydrogens (tertiary/aromatic N) is 1. The minimum Gasteiger partial charge on any atom is -0.466 e. The van der Waals surface area contributed by atoms with Crippen molar-refractivity contribution >= 4 is 5.97 Å². The molecule has 94 valence electrons. The van der Waals surface area contributed by atoms with E-state index in [-0.39, 0.29) is 12.4 Å². The predicted octanol–water partition coefficient (Wildman–Crippen LogP) is 0.485. The van der Waals surface area contributed by atoms with Crippen molar-refractivity contribution in [1.29, 1.82) is 0 Å². The zero-order valence-corrected chi connectivity index (χ0v) is 9.93. The van der Waals surface area contributed by atoms with Crippen molar-refractivity contribution in [1.82, 2.24) is 10.3 Å². The van der Waals surface area contributed by atoms with E-state index in [9.17, 15) is 9.90 Å². The number of carbonyl (C=O) groups is 1. The summed E-state index contributed by atoms with van der Waals surface area (Å²) < 4.78 is 4.74. The normalized spacial score (nSPS) is 12.1. The molecule has 1 aromatic rings. The van der Waals surface area contributed by atoms with Crippen LogP contribution in [0.2, 0.25) is 0 Å². The van der Waals surface area contributed by atoms with E-state index in [1.54, 1.807) is 19.3 Å². The fraction of sp³-hybridized carbons (Fsp3) is 0.500. The van der Waals surface area contributed by atoms with E-state index >= 15 is 0 Å². The maximum atomic E-state index is 11.1. The van der Waals surface area contributed by atoms with Crippen molar-refractivity contribution < 1.29 is 14.6 Å². The summed E-state index contributed by atoms with van der Waals surface area (Å²) in [5, 5.41) is 12.6. The number of aromatic nitrogens is 1. The molecule has 0 saturated carbocycles. The lowest BCUT2D eigenvalue weighted by molar-refractivity contribution is -0.145. The lowest BCUT2D eigenvalue weighted by Crippen LogP contribution is -2.29. The number of aliphatic hydroxyl groups excluding tert-OH is 1. The van der Waals surface area contributed by atoms with Crippen LogP contribution in [0.1, 0.15) is 18.9 Å². The third kappa shape index (κ3) is 5.99. The van der Waals surface area contributed by atoms with E-state index < -0.39 is 6.10 Å². The van der Waals surface area contributed by atoms with E-state index in [1.165, 1.54) is 0 Å². The van der Waals surface area contributed by atoms with Gasteiger partial charge in [0.1, 0.15) is 0 Å². The Morgan fingerprint density at radius 1 is 1.53 bits per heavy atom. The molecule has 5 nitrogen and oxygen atoms in total. The second-order valence-electron chi connectivity index (χ2n) is 3.65. The molecule has 0 amide bonds. The van der Waals surface area contributed by atoms with Crippen LogP contribution in [0, 0.1) is 0 Å². The van der Waals surface area contributed by atoms with E-state index in [4.69, 9.17) is 4.74 Å². The Labute approximate surface area is 101 Å². The van der Waals surface area contributed by atoms with Gasteiger partial charge in [-0.05, 0) is 24.6 Å². The van der Waals surface area contributed by atoms with Gasteiger partial charge in [-0.15, -0.1) is 0 Å². The molecule has 0 aliphatic heterocycles. The van der Waals surface area contributed by atoms with Crippen LogP contribution in [0.15, 0.2) is 24.5 Å². The Bertz CT molecular complexity index is 330. The van der Waals surface area contributed by atoms with Gasteiger partial charge in [0.15, 0.2) is 0 Å². The first-order valence-electron chi connectivity index (χ1n) is 5.65. The summed E-state index contributed by atoms with van der Waals surface area (Å²) in [5.41, 5.74) is 1.09. The zero-order valence-electron chi connectivity index (χ0n) is 9.93. The highest BCUT2D eigenvalue weighted by Crippen LogP contribution is 1.97. The number of rotatable bonds is 7. The number of carbonyl (C=O) groups excluding carboxylic acids is 1. The van der Waals surface area contributed by atoms with Gasteiger partial charge in [-0.2, -0.15) is 0 Å². The quantitative estimate of drug-likeness (QED) is 0.676. The predicted molar refractivity (Wildman–Crippen MR) is 63.2 cm³/mol. The highest BCUT2D eigenvalue weighted by atomic mass is 16.5. The minimum absolute atomic E-state index is 0.0250. The Morgan fingerprint density at radius 2 is 2.24 bits per heavy atom. The van der Waals surface area contributed by atoms with E-state index in [2.05, 4.69) is 10.3 Å². The lowest BCUT2D eigenvalue weighted by Gasteiger charge is -2.11. The van der Waals surface area contributed by atoms with Crippen molar-refractivity contribution in [3.63, 3.8) is 0 Å². The molecule has 1 unspecified atom stereocenters. The summed E-state index contributed by atoms with van der Waals surface area (Å²) in [5.74, 6) is -0.370. The number of ether oxygens (including phenoxy) is 1. The molecule has 1 heterocycles. The molecule has 1 aromatic heterocycles. The van der Waals surface area contributed by atoms with Crippen LogP contribution in [-0.4, -0.2) is 35.3 Å². The Kier molecular flexibility index (Phi) is 6.21. The van der Waals surface area contributed by atoms with Crippen LogP contribution in [0.4, 0.5) is 0 Å². The van der Waals surface area contributed by atoms with Gasteiger partial charge in [-0.1, -0.05) is 0 Å². The summed E-state index contributed by atoms with van der Waals surface area (Å²) in [6.07, 6.45) is 2.74. The monoisotopic (exact) mass is 238 g/mol. The van der Waals surface area contributed by atoms with Crippen molar-refractivity contribution in [3.05, 3.63) is 30.1 Å². The topological polar surface area (TPSA) is 71.5 Å². The Morgan fingerprint density at radius 3 is 2.88 bits per heavy atom. The number of aliphatic hydroxyl groups is 1. The molecule has 0 spiro atoms. The molecule has 0 fully saturated rings. The van der Waals surface area contributed by atoms with Crippen molar-refractivity contribution in [2.45, 2.75) is 26.0 Å². The van der Waals surface area contributed by atoms with Gasteiger partial charge in [0.2, 0.25) is 0 Å². The van der Waals surface area contributed by atoms with Crippen LogP contribution in [-0.2, 0) is 16.1 Å². The first kappa shape index (κ1) is 13.6. The molecule has 0 aliphatic carbocycles. The molecule has 0 aromatic carbocycles. The van der Waals surface area contributed by atoms with Crippen LogP contribution < -0.4 is 5.32 Å². The molecule has 0 saturated heterocycles. The summed E-state index contributed by atoms with van der Waals surface area (Å²) in [6.45, 7) is 3.09. The number of hydrogen-bond donors (Lipinski definition) is 2. The van der Waals surface area contributed by atoms with E-state index in [0.29, 0.717) is 19.7 Å².